The van der Waals surface area contributed by atoms with Crippen molar-refractivity contribution in [2.24, 2.45) is 0 Å². The third-order valence-electron chi connectivity index (χ3n) is 5.15. The number of nitrogens with zero attached hydrogens (tertiary/aromatic N) is 2. The molecule has 0 amide bonds. The standard InChI is InChI=1S/C21H48N4/c1-5-24(6-2)20-14-12-18-22-16-10-9-11-17-23-19-13-15-21-25(7-3)8-4/h22-23H,5-21H2,1-4H3. The Hall–Kier alpha value is -0.160. The zero-order chi connectivity index (χ0) is 18.6. The summed E-state index contributed by atoms with van der Waals surface area (Å²) in [4.78, 5) is 5.02. The van der Waals surface area contributed by atoms with E-state index in [0.717, 1.165) is 0 Å². The van der Waals surface area contributed by atoms with Crippen LogP contribution in [0, 0.1) is 0 Å². The molecule has 4 heteroatoms. The van der Waals surface area contributed by atoms with E-state index in [4.69, 9.17) is 0 Å². The molecular formula is C21H48N4. The maximum absolute atomic E-state index is 3.59. The molecule has 0 aliphatic carbocycles. The second-order valence-corrected chi connectivity index (χ2v) is 7.03. The lowest BCUT2D eigenvalue weighted by molar-refractivity contribution is 0.296. The Labute approximate surface area is 159 Å². The highest BCUT2D eigenvalue weighted by atomic mass is 15.1. The van der Waals surface area contributed by atoms with Crippen molar-refractivity contribution in [1.29, 1.82) is 0 Å². The van der Waals surface area contributed by atoms with Gasteiger partial charge in [-0.3, -0.25) is 0 Å². The zero-order valence-electron chi connectivity index (χ0n) is 17.9. The van der Waals surface area contributed by atoms with Crippen LogP contribution >= 0.6 is 0 Å². The van der Waals surface area contributed by atoms with Gasteiger partial charge in [0.1, 0.15) is 0 Å². The molecular weight excluding hydrogens is 308 g/mol. The molecule has 0 spiro atoms. The third kappa shape index (κ3) is 17.0. The highest BCUT2D eigenvalue weighted by Gasteiger charge is 1.99. The molecule has 0 aliphatic rings. The van der Waals surface area contributed by atoms with Crippen LogP contribution in [0.25, 0.3) is 0 Å². The smallest absolute Gasteiger partial charge is 0.00185 e. The molecule has 0 aromatic heterocycles. The second kappa shape index (κ2) is 20.2. The molecule has 0 fully saturated rings. The Balaban J connectivity index is 3.12. The number of unbranched alkanes of at least 4 members (excludes halogenated alkanes) is 4. The average molecular weight is 357 g/mol. The normalized spacial score (nSPS) is 11.8. The number of rotatable bonds is 20. The fourth-order valence-electron chi connectivity index (χ4n) is 3.18. The molecule has 0 aromatic carbocycles. The van der Waals surface area contributed by atoms with E-state index in [1.54, 1.807) is 0 Å². The highest BCUT2D eigenvalue weighted by molar-refractivity contribution is 4.57. The van der Waals surface area contributed by atoms with Crippen LogP contribution in [0.1, 0.15) is 72.6 Å². The Morgan fingerprint density at radius 3 is 1.08 bits per heavy atom. The second-order valence-electron chi connectivity index (χ2n) is 7.03. The van der Waals surface area contributed by atoms with Gasteiger partial charge in [0.05, 0.1) is 0 Å². The van der Waals surface area contributed by atoms with Gasteiger partial charge in [0.25, 0.3) is 0 Å². The SMILES string of the molecule is CCN(CC)CCCCNCCCCCNCCCCN(CC)CC. The predicted molar refractivity (Wildman–Crippen MR) is 114 cm³/mol. The van der Waals surface area contributed by atoms with Crippen molar-refractivity contribution < 1.29 is 0 Å². The number of nitrogens with one attached hydrogen (secondary N) is 2. The van der Waals surface area contributed by atoms with E-state index in [0.29, 0.717) is 0 Å². The lowest BCUT2D eigenvalue weighted by Gasteiger charge is -2.17. The summed E-state index contributed by atoms with van der Waals surface area (Å²) in [6.07, 6.45) is 9.26. The Bertz CT molecular complexity index is 216. The van der Waals surface area contributed by atoms with Gasteiger partial charge in [-0.25, -0.2) is 0 Å². The minimum absolute atomic E-state index is 1.19. The topological polar surface area (TPSA) is 30.5 Å². The third-order valence-corrected chi connectivity index (χ3v) is 5.15. The Kier molecular flexibility index (Phi) is 20.0. The summed E-state index contributed by atoms with van der Waals surface area (Å²) in [6.45, 7) is 21.0. The van der Waals surface area contributed by atoms with Crippen molar-refractivity contribution >= 4 is 0 Å². The number of hydrogen-bond acceptors (Lipinski definition) is 4. The summed E-state index contributed by atoms with van der Waals surface area (Å²) >= 11 is 0. The van der Waals surface area contributed by atoms with Gasteiger partial charge in [-0.1, -0.05) is 34.1 Å². The first kappa shape index (κ1) is 24.8. The Morgan fingerprint density at radius 2 is 0.760 bits per heavy atom. The molecule has 0 unspecified atom stereocenters. The lowest BCUT2D eigenvalue weighted by Crippen LogP contribution is -2.25. The van der Waals surface area contributed by atoms with Crippen LogP contribution in [-0.4, -0.2) is 75.2 Å². The quantitative estimate of drug-likeness (QED) is 0.326. The van der Waals surface area contributed by atoms with Crippen molar-refractivity contribution in [1.82, 2.24) is 20.4 Å². The van der Waals surface area contributed by atoms with E-state index in [9.17, 15) is 0 Å². The molecule has 2 N–H and O–H groups in total. The van der Waals surface area contributed by atoms with Crippen molar-refractivity contribution in [3.8, 4) is 0 Å². The molecule has 0 atom stereocenters. The average Bonchev–Trinajstić information content (AvgIpc) is 2.64. The lowest BCUT2D eigenvalue weighted by atomic mass is 10.2. The van der Waals surface area contributed by atoms with Crippen LogP contribution in [0.4, 0.5) is 0 Å². The first-order valence-electron chi connectivity index (χ1n) is 11.1. The summed E-state index contributed by atoms with van der Waals surface area (Å²) in [7, 11) is 0. The maximum Gasteiger partial charge on any atom is -0.00185 e. The molecule has 0 radical (unpaired) electrons. The van der Waals surface area contributed by atoms with E-state index in [1.807, 2.05) is 0 Å². The molecule has 0 heterocycles. The van der Waals surface area contributed by atoms with Crippen molar-refractivity contribution in [3.05, 3.63) is 0 Å². The summed E-state index contributed by atoms with van der Waals surface area (Å²) in [5.41, 5.74) is 0. The van der Waals surface area contributed by atoms with Gasteiger partial charge in [-0.2, -0.15) is 0 Å². The molecule has 0 rings (SSSR count). The van der Waals surface area contributed by atoms with Crippen LogP contribution in [0.3, 0.4) is 0 Å². The van der Waals surface area contributed by atoms with E-state index in [2.05, 4.69) is 48.1 Å². The first-order chi connectivity index (χ1) is 12.3. The van der Waals surface area contributed by atoms with Crippen LogP contribution in [0.2, 0.25) is 0 Å². The maximum atomic E-state index is 3.59. The molecule has 4 nitrogen and oxygen atoms in total. The summed E-state index contributed by atoms with van der Waals surface area (Å²) in [5.74, 6) is 0. The van der Waals surface area contributed by atoms with Gasteiger partial charge in [0.2, 0.25) is 0 Å². The number of hydrogen-bond donors (Lipinski definition) is 2. The van der Waals surface area contributed by atoms with Gasteiger partial charge in [0, 0.05) is 0 Å². The largest absolute Gasteiger partial charge is 0.317 e. The van der Waals surface area contributed by atoms with E-state index in [-0.39, 0.29) is 0 Å². The fraction of sp³-hybridized carbons (Fsp3) is 1.00. The van der Waals surface area contributed by atoms with Crippen LogP contribution in [0.5, 0.6) is 0 Å². The van der Waals surface area contributed by atoms with Gasteiger partial charge in [0.15, 0.2) is 0 Å². The monoisotopic (exact) mass is 356 g/mol. The van der Waals surface area contributed by atoms with Crippen molar-refractivity contribution in [2.45, 2.75) is 72.6 Å². The van der Waals surface area contributed by atoms with Gasteiger partial charge in [-0.05, 0) is 104 Å². The molecule has 0 bridgehead atoms. The summed E-state index contributed by atoms with van der Waals surface area (Å²) in [5, 5.41) is 7.18. The van der Waals surface area contributed by atoms with Gasteiger partial charge in [-0.15, -0.1) is 0 Å². The molecule has 25 heavy (non-hydrogen) atoms. The molecule has 0 saturated heterocycles. The predicted octanol–water partition coefficient (Wildman–Crippen LogP) is 3.58. The molecule has 0 aromatic rings. The van der Waals surface area contributed by atoms with E-state index in [1.165, 1.54) is 110 Å². The molecule has 0 saturated carbocycles. The summed E-state index contributed by atoms with van der Waals surface area (Å²) in [6, 6.07) is 0. The Morgan fingerprint density at radius 1 is 0.440 bits per heavy atom. The van der Waals surface area contributed by atoms with Crippen LogP contribution in [0.15, 0.2) is 0 Å². The highest BCUT2D eigenvalue weighted by Crippen LogP contribution is 1.97. The first-order valence-corrected chi connectivity index (χ1v) is 11.1. The van der Waals surface area contributed by atoms with E-state index >= 15 is 0 Å². The molecule has 152 valence electrons. The van der Waals surface area contributed by atoms with Gasteiger partial charge < -0.3 is 20.4 Å². The zero-order valence-corrected chi connectivity index (χ0v) is 17.9. The van der Waals surface area contributed by atoms with Crippen LogP contribution in [-0.2, 0) is 0 Å². The summed E-state index contributed by atoms with van der Waals surface area (Å²) < 4.78 is 0. The van der Waals surface area contributed by atoms with Crippen molar-refractivity contribution in [3.63, 3.8) is 0 Å². The minimum atomic E-state index is 1.19. The molecule has 0 aliphatic heterocycles. The van der Waals surface area contributed by atoms with E-state index < -0.39 is 0 Å². The minimum Gasteiger partial charge on any atom is -0.317 e. The van der Waals surface area contributed by atoms with Gasteiger partial charge >= 0.3 is 0 Å². The van der Waals surface area contributed by atoms with Crippen LogP contribution < -0.4 is 10.6 Å². The fourth-order valence-corrected chi connectivity index (χ4v) is 3.18. The van der Waals surface area contributed by atoms with Crippen molar-refractivity contribution in [2.75, 3.05) is 65.4 Å².